The summed E-state index contributed by atoms with van der Waals surface area (Å²) >= 11 is 1.32. The smallest absolute Gasteiger partial charge is 0.191 e. The highest BCUT2D eigenvalue weighted by molar-refractivity contribution is 7.99. The Morgan fingerprint density at radius 2 is 2.00 bits per heavy atom. The third kappa shape index (κ3) is 3.84. The Hall–Kier alpha value is -1.83. The van der Waals surface area contributed by atoms with E-state index in [1.165, 1.54) is 11.8 Å². The summed E-state index contributed by atoms with van der Waals surface area (Å²) in [6.45, 7) is 3.97. The summed E-state index contributed by atoms with van der Waals surface area (Å²) in [6, 6.07) is 6.70. The zero-order chi connectivity index (χ0) is 15.2. The van der Waals surface area contributed by atoms with Gasteiger partial charge in [-0.25, -0.2) is 0 Å². The predicted molar refractivity (Wildman–Crippen MR) is 81.1 cm³/mol. The molecule has 112 valence electrons. The molecule has 0 aliphatic rings. The van der Waals surface area contributed by atoms with Crippen LogP contribution in [0.15, 0.2) is 42.1 Å². The average Bonchev–Trinajstić information content (AvgIpc) is 2.89. The number of aromatic hydroxyl groups is 1. The van der Waals surface area contributed by atoms with Crippen LogP contribution in [0.2, 0.25) is 0 Å². The summed E-state index contributed by atoms with van der Waals surface area (Å²) in [7, 11) is 0. The van der Waals surface area contributed by atoms with Crippen LogP contribution >= 0.6 is 11.8 Å². The molecule has 1 aromatic carbocycles. The first-order chi connectivity index (χ1) is 10.2. The highest BCUT2D eigenvalue weighted by atomic mass is 32.2. The maximum Gasteiger partial charge on any atom is 0.191 e. The lowest BCUT2D eigenvalue weighted by atomic mass is 10.2. The molecule has 0 amide bonds. The molecule has 21 heavy (non-hydrogen) atoms. The Bertz CT molecular complexity index is 598. The molecule has 0 saturated carbocycles. The van der Waals surface area contributed by atoms with E-state index in [-0.39, 0.29) is 12.4 Å². The quantitative estimate of drug-likeness (QED) is 0.527. The second-order valence-electron chi connectivity index (χ2n) is 4.40. The zero-order valence-electron chi connectivity index (χ0n) is 11.4. The Morgan fingerprint density at radius 1 is 1.29 bits per heavy atom. The van der Waals surface area contributed by atoms with Gasteiger partial charge in [0.25, 0.3) is 0 Å². The first-order valence-electron chi connectivity index (χ1n) is 6.41. The summed E-state index contributed by atoms with van der Waals surface area (Å²) < 4.78 is 1.87. The van der Waals surface area contributed by atoms with Gasteiger partial charge in [-0.1, -0.05) is 17.8 Å². The largest absolute Gasteiger partial charge is 0.508 e. The molecule has 0 aliphatic heterocycles. The van der Waals surface area contributed by atoms with Crippen LogP contribution in [0.1, 0.15) is 0 Å². The SMILES string of the molecule is C=CCn1c(SCC(O)CO)nnc1-c1ccc(O)cc1. The van der Waals surface area contributed by atoms with Crippen LogP contribution in [0, 0.1) is 0 Å². The summed E-state index contributed by atoms with van der Waals surface area (Å²) in [4.78, 5) is 0. The van der Waals surface area contributed by atoms with Crippen molar-refractivity contribution in [2.24, 2.45) is 0 Å². The standard InChI is InChI=1S/C14H17N3O3S/c1-2-7-17-13(10-3-5-11(19)6-4-10)15-16-14(17)21-9-12(20)8-18/h2-6,12,18-20H,1,7-9H2. The molecule has 2 aromatic rings. The van der Waals surface area contributed by atoms with Gasteiger partial charge in [-0.3, -0.25) is 4.57 Å². The molecule has 0 aliphatic carbocycles. The van der Waals surface area contributed by atoms with E-state index in [0.717, 1.165) is 5.56 Å². The molecule has 1 unspecified atom stereocenters. The van der Waals surface area contributed by atoms with Crippen LogP contribution in [0.3, 0.4) is 0 Å². The number of hydrogen-bond donors (Lipinski definition) is 3. The topological polar surface area (TPSA) is 91.4 Å². The van der Waals surface area contributed by atoms with Crippen molar-refractivity contribution in [3.63, 3.8) is 0 Å². The lowest BCUT2D eigenvalue weighted by Gasteiger charge is -2.09. The third-order valence-electron chi connectivity index (χ3n) is 2.77. The number of aliphatic hydroxyl groups excluding tert-OH is 2. The zero-order valence-corrected chi connectivity index (χ0v) is 12.2. The van der Waals surface area contributed by atoms with E-state index in [9.17, 15) is 10.2 Å². The number of aliphatic hydroxyl groups is 2. The molecular weight excluding hydrogens is 290 g/mol. The van der Waals surface area contributed by atoms with Gasteiger partial charge >= 0.3 is 0 Å². The first kappa shape index (κ1) is 15.6. The highest BCUT2D eigenvalue weighted by Gasteiger charge is 2.14. The fourth-order valence-electron chi connectivity index (χ4n) is 1.74. The lowest BCUT2D eigenvalue weighted by Crippen LogP contribution is -2.15. The van der Waals surface area contributed by atoms with Gasteiger partial charge in [-0.05, 0) is 24.3 Å². The molecule has 7 heteroatoms. The normalized spacial score (nSPS) is 12.3. The Balaban J connectivity index is 2.27. The van der Waals surface area contributed by atoms with E-state index in [4.69, 9.17) is 5.11 Å². The van der Waals surface area contributed by atoms with E-state index in [0.29, 0.717) is 23.3 Å². The molecule has 0 fully saturated rings. The minimum atomic E-state index is -0.791. The van der Waals surface area contributed by atoms with Gasteiger partial charge in [0.2, 0.25) is 0 Å². The van der Waals surface area contributed by atoms with Gasteiger partial charge in [-0.15, -0.1) is 16.8 Å². The van der Waals surface area contributed by atoms with Crippen molar-refractivity contribution in [2.75, 3.05) is 12.4 Å². The molecule has 0 saturated heterocycles. The summed E-state index contributed by atoms with van der Waals surface area (Å²) in [5, 5.41) is 36.5. The summed E-state index contributed by atoms with van der Waals surface area (Å²) in [5.74, 6) is 1.19. The van der Waals surface area contributed by atoms with Crippen LogP contribution < -0.4 is 0 Å². The van der Waals surface area contributed by atoms with Crippen LogP contribution in [0.5, 0.6) is 5.75 Å². The fourth-order valence-corrected chi connectivity index (χ4v) is 2.60. The van der Waals surface area contributed by atoms with Crippen molar-refractivity contribution >= 4 is 11.8 Å². The predicted octanol–water partition coefficient (Wildman–Crippen LogP) is 1.28. The number of nitrogens with zero attached hydrogens (tertiary/aromatic N) is 3. The average molecular weight is 307 g/mol. The molecule has 1 heterocycles. The van der Waals surface area contributed by atoms with Crippen LogP contribution in [-0.4, -0.2) is 48.5 Å². The molecule has 0 radical (unpaired) electrons. The molecule has 0 bridgehead atoms. The Kier molecular flexibility index (Phi) is 5.38. The first-order valence-corrected chi connectivity index (χ1v) is 7.39. The highest BCUT2D eigenvalue weighted by Crippen LogP contribution is 2.25. The van der Waals surface area contributed by atoms with Crippen molar-refractivity contribution in [3.05, 3.63) is 36.9 Å². The second-order valence-corrected chi connectivity index (χ2v) is 5.39. The van der Waals surface area contributed by atoms with Gasteiger partial charge in [0, 0.05) is 17.9 Å². The maximum absolute atomic E-state index is 9.42. The van der Waals surface area contributed by atoms with E-state index in [2.05, 4.69) is 16.8 Å². The van der Waals surface area contributed by atoms with Crippen LogP contribution in [-0.2, 0) is 6.54 Å². The number of allylic oxidation sites excluding steroid dienone is 1. The van der Waals surface area contributed by atoms with Crippen LogP contribution in [0.25, 0.3) is 11.4 Å². The van der Waals surface area contributed by atoms with Crippen molar-refractivity contribution < 1.29 is 15.3 Å². The number of thioether (sulfide) groups is 1. The number of benzene rings is 1. The molecule has 1 aromatic heterocycles. The molecule has 2 rings (SSSR count). The Morgan fingerprint density at radius 3 is 2.62 bits per heavy atom. The molecule has 1 atom stereocenters. The number of rotatable bonds is 7. The minimum Gasteiger partial charge on any atom is -0.508 e. The number of aromatic nitrogens is 3. The van der Waals surface area contributed by atoms with Crippen LogP contribution in [0.4, 0.5) is 0 Å². The molecular formula is C14H17N3O3S. The van der Waals surface area contributed by atoms with Crippen molar-refractivity contribution in [2.45, 2.75) is 17.8 Å². The fraction of sp³-hybridized carbons (Fsp3) is 0.286. The van der Waals surface area contributed by atoms with Gasteiger partial charge < -0.3 is 15.3 Å². The van der Waals surface area contributed by atoms with Crippen molar-refractivity contribution in [1.29, 1.82) is 0 Å². The second kappa shape index (κ2) is 7.26. The third-order valence-corrected chi connectivity index (χ3v) is 3.88. The van der Waals surface area contributed by atoms with Gasteiger partial charge in [0.15, 0.2) is 11.0 Å². The minimum absolute atomic E-state index is 0.189. The van der Waals surface area contributed by atoms with Crippen molar-refractivity contribution in [3.8, 4) is 17.1 Å². The number of phenols is 1. The van der Waals surface area contributed by atoms with E-state index < -0.39 is 6.10 Å². The molecule has 0 spiro atoms. The van der Waals surface area contributed by atoms with E-state index >= 15 is 0 Å². The number of hydrogen-bond acceptors (Lipinski definition) is 6. The summed E-state index contributed by atoms with van der Waals surface area (Å²) in [5.41, 5.74) is 0.830. The van der Waals surface area contributed by atoms with Gasteiger partial charge in [0.05, 0.1) is 12.7 Å². The maximum atomic E-state index is 9.42. The van der Waals surface area contributed by atoms with Gasteiger partial charge in [-0.2, -0.15) is 0 Å². The van der Waals surface area contributed by atoms with Gasteiger partial charge in [0.1, 0.15) is 5.75 Å². The number of phenolic OH excluding ortho intramolecular Hbond substituents is 1. The summed E-state index contributed by atoms with van der Waals surface area (Å²) in [6.07, 6.45) is 0.945. The monoisotopic (exact) mass is 307 g/mol. The molecule has 6 nitrogen and oxygen atoms in total. The molecule has 3 N–H and O–H groups in total. The lowest BCUT2D eigenvalue weighted by molar-refractivity contribution is 0.113. The van der Waals surface area contributed by atoms with Crippen molar-refractivity contribution in [1.82, 2.24) is 14.8 Å². The van der Waals surface area contributed by atoms with E-state index in [1.54, 1.807) is 30.3 Å². The Labute approximate surface area is 126 Å². The van der Waals surface area contributed by atoms with E-state index in [1.807, 2.05) is 4.57 Å².